The Hall–Kier alpha value is -0.550. The molecule has 0 aliphatic carbocycles. The lowest BCUT2D eigenvalue weighted by Crippen LogP contribution is -2.15. The van der Waals surface area contributed by atoms with E-state index in [9.17, 15) is 4.79 Å². The molecule has 0 amide bonds. The molecule has 0 spiro atoms. The number of nitrogens with one attached hydrogen (secondary N) is 1. The first-order chi connectivity index (χ1) is 5.16. The van der Waals surface area contributed by atoms with Crippen molar-refractivity contribution in [3.63, 3.8) is 0 Å². The van der Waals surface area contributed by atoms with E-state index in [1.54, 1.807) is 20.0 Å². The second-order valence-electron chi connectivity index (χ2n) is 2.61. The number of halogens is 2. The van der Waals surface area contributed by atoms with Crippen LogP contribution in [0.2, 0.25) is 0 Å². The van der Waals surface area contributed by atoms with E-state index >= 15 is 0 Å². The first-order valence-corrected chi connectivity index (χ1v) is 3.54. The van der Waals surface area contributed by atoms with Crippen LogP contribution >= 0.6 is 24.8 Å². The van der Waals surface area contributed by atoms with E-state index in [1.807, 2.05) is 0 Å². The van der Waals surface area contributed by atoms with Gasteiger partial charge in [-0.05, 0) is 13.8 Å². The lowest BCUT2D eigenvalue weighted by molar-refractivity contribution is 0.824. The van der Waals surface area contributed by atoms with Crippen molar-refractivity contribution >= 4 is 24.8 Å². The van der Waals surface area contributed by atoms with Crippen molar-refractivity contribution in [2.24, 2.45) is 5.73 Å². The van der Waals surface area contributed by atoms with Gasteiger partial charge in [0, 0.05) is 29.6 Å². The standard InChI is InChI=1S/C8H12N2O.2ClH.H2O/c1-5-4-10-7(3-9)6(2)8(5)11;;;/h4H,3,9H2,1-2H3,(H,10,11);2*1H;1H2. The van der Waals surface area contributed by atoms with Gasteiger partial charge in [0.25, 0.3) is 0 Å². The minimum atomic E-state index is 0. The highest BCUT2D eigenvalue weighted by molar-refractivity contribution is 5.85. The number of aromatic amines is 1. The van der Waals surface area contributed by atoms with Crippen molar-refractivity contribution in [1.29, 1.82) is 0 Å². The second-order valence-corrected chi connectivity index (χ2v) is 2.61. The zero-order valence-electron chi connectivity index (χ0n) is 8.09. The first kappa shape index (κ1) is 19.1. The van der Waals surface area contributed by atoms with E-state index in [0.29, 0.717) is 6.54 Å². The van der Waals surface area contributed by atoms with Crippen LogP contribution in [-0.2, 0) is 6.54 Å². The summed E-state index contributed by atoms with van der Waals surface area (Å²) in [6.07, 6.45) is 1.69. The van der Waals surface area contributed by atoms with E-state index in [2.05, 4.69) is 4.98 Å². The SMILES string of the molecule is Cc1c[nH]c(CN)c(C)c1=O.Cl.Cl.O. The van der Waals surface area contributed by atoms with Crippen molar-refractivity contribution in [3.8, 4) is 0 Å². The van der Waals surface area contributed by atoms with Crippen LogP contribution in [0.3, 0.4) is 0 Å². The molecular weight excluding hydrogens is 227 g/mol. The Bertz CT molecular complexity index is 326. The summed E-state index contributed by atoms with van der Waals surface area (Å²) < 4.78 is 0. The van der Waals surface area contributed by atoms with Crippen molar-refractivity contribution in [3.05, 3.63) is 33.2 Å². The summed E-state index contributed by atoms with van der Waals surface area (Å²) in [6.45, 7) is 3.96. The summed E-state index contributed by atoms with van der Waals surface area (Å²) in [4.78, 5) is 14.2. The van der Waals surface area contributed by atoms with Crippen LogP contribution in [0.15, 0.2) is 11.0 Å². The lowest BCUT2D eigenvalue weighted by Gasteiger charge is -2.02. The predicted molar refractivity (Wildman–Crippen MR) is 62.5 cm³/mol. The van der Waals surface area contributed by atoms with Gasteiger partial charge in [0.15, 0.2) is 5.43 Å². The van der Waals surface area contributed by atoms with Gasteiger partial charge in [-0.3, -0.25) is 4.79 Å². The molecule has 4 nitrogen and oxygen atoms in total. The first-order valence-electron chi connectivity index (χ1n) is 3.54. The van der Waals surface area contributed by atoms with Crippen molar-refractivity contribution in [2.75, 3.05) is 0 Å². The molecule has 0 aromatic carbocycles. The molecule has 1 aromatic rings. The average molecular weight is 243 g/mol. The van der Waals surface area contributed by atoms with Crippen LogP contribution in [-0.4, -0.2) is 10.5 Å². The number of aryl methyl sites for hydroxylation is 1. The monoisotopic (exact) mass is 242 g/mol. The van der Waals surface area contributed by atoms with Crippen LogP contribution in [0.1, 0.15) is 16.8 Å². The number of H-pyrrole nitrogens is 1. The number of aromatic nitrogens is 1. The minimum absolute atomic E-state index is 0. The maximum atomic E-state index is 11.3. The maximum Gasteiger partial charge on any atom is 0.187 e. The molecule has 0 bridgehead atoms. The second kappa shape index (κ2) is 7.82. The van der Waals surface area contributed by atoms with E-state index in [-0.39, 0.29) is 35.7 Å². The van der Waals surface area contributed by atoms with Gasteiger partial charge in [0.1, 0.15) is 0 Å². The van der Waals surface area contributed by atoms with Gasteiger partial charge < -0.3 is 16.2 Å². The molecule has 5 N–H and O–H groups in total. The number of hydrogen-bond acceptors (Lipinski definition) is 2. The normalized spacial score (nSPS) is 7.93. The molecule has 0 saturated carbocycles. The summed E-state index contributed by atoms with van der Waals surface area (Å²) in [5.41, 5.74) is 7.77. The third-order valence-electron chi connectivity index (χ3n) is 1.82. The Morgan fingerprint density at radius 1 is 1.36 bits per heavy atom. The molecule has 0 aliphatic heterocycles. The highest BCUT2D eigenvalue weighted by atomic mass is 35.5. The molecule has 84 valence electrons. The maximum absolute atomic E-state index is 11.3. The van der Waals surface area contributed by atoms with Gasteiger partial charge in [-0.15, -0.1) is 24.8 Å². The van der Waals surface area contributed by atoms with E-state index in [0.717, 1.165) is 16.8 Å². The van der Waals surface area contributed by atoms with Crippen LogP contribution in [0.25, 0.3) is 0 Å². The number of hydrogen-bond donors (Lipinski definition) is 2. The summed E-state index contributed by atoms with van der Waals surface area (Å²) >= 11 is 0. The fraction of sp³-hybridized carbons (Fsp3) is 0.375. The van der Waals surface area contributed by atoms with Gasteiger partial charge >= 0.3 is 0 Å². The molecular formula is C8H16Cl2N2O2. The van der Waals surface area contributed by atoms with Gasteiger partial charge in [-0.25, -0.2) is 0 Å². The minimum Gasteiger partial charge on any atom is -0.412 e. The number of pyridine rings is 1. The van der Waals surface area contributed by atoms with Crippen LogP contribution in [0.4, 0.5) is 0 Å². The molecule has 1 rings (SSSR count). The van der Waals surface area contributed by atoms with Gasteiger partial charge in [-0.1, -0.05) is 0 Å². The van der Waals surface area contributed by atoms with Crippen molar-refractivity contribution < 1.29 is 5.48 Å². The third-order valence-corrected chi connectivity index (χ3v) is 1.82. The van der Waals surface area contributed by atoms with Gasteiger partial charge in [0.05, 0.1) is 0 Å². The molecule has 0 aliphatic rings. The molecule has 0 saturated heterocycles. The van der Waals surface area contributed by atoms with Gasteiger partial charge in [-0.2, -0.15) is 0 Å². The molecule has 6 heteroatoms. The third kappa shape index (κ3) is 3.67. The Labute approximate surface area is 95.0 Å². The smallest absolute Gasteiger partial charge is 0.187 e. The Morgan fingerprint density at radius 3 is 2.29 bits per heavy atom. The van der Waals surface area contributed by atoms with Gasteiger partial charge in [0.2, 0.25) is 0 Å². The predicted octanol–water partition coefficient (Wildman–Crippen LogP) is 0.469. The summed E-state index contributed by atoms with van der Waals surface area (Å²) in [6, 6.07) is 0. The summed E-state index contributed by atoms with van der Waals surface area (Å²) in [5.74, 6) is 0. The summed E-state index contributed by atoms with van der Waals surface area (Å²) in [5, 5.41) is 0. The van der Waals surface area contributed by atoms with E-state index in [4.69, 9.17) is 5.73 Å². The summed E-state index contributed by atoms with van der Waals surface area (Å²) in [7, 11) is 0. The highest BCUT2D eigenvalue weighted by Crippen LogP contribution is 1.98. The van der Waals surface area contributed by atoms with E-state index < -0.39 is 0 Å². The van der Waals surface area contributed by atoms with Crippen LogP contribution in [0, 0.1) is 13.8 Å². The van der Waals surface area contributed by atoms with Crippen molar-refractivity contribution in [1.82, 2.24) is 4.98 Å². The molecule has 14 heavy (non-hydrogen) atoms. The zero-order valence-corrected chi connectivity index (χ0v) is 9.72. The molecule has 0 atom stereocenters. The number of nitrogens with two attached hydrogens (primary N) is 1. The zero-order chi connectivity index (χ0) is 8.43. The molecule has 1 aromatic heterocycles. The number of rotatable bonds is 1. The fourth-order valence-corrected chi connectivity index (χ4v) is 1.01. The van der Waals surface area contributed by atoms with Crippen molar-refractivity contribution in [2.45, 2.75) is 20.4 Å². The molecule has 1 heterocycles. The molecule has 0 radical (unpaired) electrons. The quantitative estimate of drug-likeness (QED) is 0.750. The fourth-order valence-electron chi connectivity index (χ4n) is 1.01. The topological polar surface area (TPSA) is 90.4 Å². The Balaban J connectivity index is -0.000000403. The Kier molecular flexibility index (Phi) is 10.7. The lowest BCUT2D eigenvalue weighted by atomic mass is 10.1. The Morgan fingerprint density at radius 2 is 1.86 bits per heavy atom. The molecule has 0 fully saturated rings. The average Bonchev–Trinajstić information content (AvgIpc) is 2.01. The van der Waals surface area contributed by atoms with E-state index in [1.165, 1.54) is 0 Å². The largest absolute Gasteiger partial charge is 0.412 e. The van der Waals surface area contributed by atoms with Crippen LogP contribution in [0.5, 0.6) is 0 Å². The van der Waals surface area contributed by atoms with Crippen LogP contribution < -0.4 is 11.2 Å². The molecule has 0 unspecified atom stereocenters. The highest BCUT2D eigenvalue weighted by Gasteiger charge is 2.01.